The van der Waals surface area contributed by atoms with Crippen LogP contribution in [0.5, 0.6) is 0 Å². The molecule has 4 heteroatoms. The Morgan fingerprint density at radius 1 is 1.06 bits per heavy atom. The molecule has 0 saturated carbocycles. The van der Waals surface area contributed by atoms with Gasteiger partial charge in [-0.2, -0.15) is 0 Å². The number of nitro benzene ring substituents is 1. The predicted molar refractivity (Wildman–Crippen MR) is 61.9 cm³/mol. The molecule has 0 unspecified atom stereocenters. The topological polar surface area (TPSA) is 48.1 Å². The lowest BCUT2D eigenvalue weighted by molar-refractivity contribution is -0.384. The molecule has 4 nitrogen and oxygen atoms in total. The molecule has 2 rings (SSSR count). The van der Waals surface area contributed by atoms with Gasteiger partial charge in [-0.1, -0.05) is 0 Å². The molecule has 0 aliphatic heterocycles. The smallest absolute Gasteiger partial charge is 0.269 e. The third-order valence-electron chi connectivity index (χ3n) is 2.65. The Morgan fingerprint density at radius 2 is 1.56 bits per heavy atom. The van der Waals surface area contributed by atoms with Crippen molar-refractivity contribution in [3.05, 3.63) is 57.9 Å². The Morgan fingerprint density at radius 3 is 2.00 bits per heavy atom. The minimum absolute atomic E-state index is 0.115. The Kier molecular flexibility index (Phi) is 2.48. The molecule has 0 fully saturated rings. The standard InChI is InChI=1S/C12H12N2O2/c1-9-7-13(8-10(9)2)11-3-5-12(6-4-11)14(15)16/h3-8H,1-2H3. The van der Waals surface area contributed by atoms with E-state index in [2.05, 4.69) is 0 Å². The van der Waals surface area contributed by atoms with Crippen molar-refractivity contribution in [2.24, 2.45) is 0 Å². The monoisotopic (exact) mass is 216 g/mol. The first kappa shape index (κ1) is 10.4. The summed E-state index contributed by atoms with van der Waals surface area (Å²) in [4.78, 5) is 10.1. The fourth-order valence-electron chi connectivity index (χ4n) is 1.55. The normalized spacial score (nSPS) is 10.4. The van der Waals surface area contributed by atoms with Gasteiger partial charge in [0, 0.05) is 30.2 Å². The highest BCUT2D eigenvalue weighted by Crippen LogP contribution is 2.17. The maximum Gasteiger partial charge on any atom is 0.269 e. The van der Waals surface area contributed by atoms with Gasteiger partial charge in [0.15, 0.2) is 0 Å². The second-order valence-corrected chi connectivity index (χ2v) is 3.81. The molecule has 0 saturated heterocycles. The first-order valence-electron chi connectivity index (χ1n) is 4.98. The maximum absolute atomic E-state index is 10.5. The van der Waals surface area contributed by atoms with Gasteiger partial charge in [0.2, 0.25) is 0 Å². The van der Waals surface area contributed by atoms with Crippen LogP contribution in [0.3, 0.4) is 0 Å². The van der Waals surface area contributed by atoms with Crippen LogP contribution >= 0.6 is 0 Å². The van der Waals surface area contributed by atoms with Crippen molar-refractivity contribution in [3.63, 3.8) is 0 Å². The molecule has 0 amide bonds. The maximum atomic E-state index is 10.5. The van der Waals surface area contributed by atoms with E-state index in [0.29, 0.717) is 0 Å². The number of nitro groups is 1. The second kappa shape index (κ2) is 3.81. The summed E-state index contributed by atoms with van der Waals surface area (Å²) in [6.45, 7) is 4.08. The van der Waals surface area contributed by atoms with Crippen molar-refractivity contribution in [3.8, 4) is 5.69 Å². The van der Waals surface area contributed by atoms with Gasteiger partial charge in [-0.15, -0.1) is 0 Å². The van der Waals surface area contributed by atoms with Gasteiger partial charge < -0.3 is 4.57 Å². The van der Waals surface area contributed by atoms with Crippen LogP contribution in [-0.2, 0) is 0 Å². The van der Waals surface area contributed by atoms with E-state index in [1.54, 1.807) is 12.1 Å². The molecule has 0 atom stereocenters. The van der Waals surface area contributed by atoms with Crippen LogP contribution < -0.4 is 0 Å². The van der Waals surface area contributed by atoms with Crippen molar-refractivity contribution in [2.75, 3.05) is 0 Å². The van der Waals surface area contributed by atoms with E-state index in [4.69, 9.17) is 0 Å². The summed E-state index contributed by atoms with van der Waals surface area (Å²) in [7, 11) is 0. The lowest BCUT2D eigenvalue weighted by atomic mass is 10.2. The summed E-state index contributed by atoms with van der Waals surface area (Å²) in [6, 6.07) is 6.52. The first-order valence-corrected chi connectivity index (χ1v) is 4.98. The Labute approximate surface area is 93.3 Å². The molecule has 0 spiro atoms. The Balaban J connectivity index is 2.38. The number of rotatable bonds is 2. The molecule has 82 valence electrons. The summed E-state index contributed by atoms with van der Waals surface area (Å²) in [6.07, 6.45) is 4.02. The lowest BCUT2D eigenvalue weighted by Crippen LogP contribution is -1.91. The van der Waals surface area contributed by atoms with Gasteiger partial charge in [0.05, 0.1) is 4.92 Å². The molecule has 2 aromatic rings. The van der Waals surface area contributed by atoms with Crippen LogP contribution in [0.15, 0.2) is 36.7 Å². The van der Waals surface area contributed by atoms with E-state index < -0.39 is 4.92 Å². The number of hydrogen-bond acceptors (Lipinski definition) is 2. The highest BCUT2D eigenvalue weighted by Gasteiger charge is 2.05. The number of aryl methyl sites for hydroxylation is 2. The van der Waals surface area contributed by atoms with Crippen LogP contribution in [0, 0.1) is 24.0 Å². The quantitative estimate of drug-likeness (QED) is 0.572. The third kappa shape index (κ3) is 1.82. The van der Waals surface area contributed by atoms with Gasteiger partial charge in [-0.3, -0.25) is 10.1 Å². The molecular formula is C12H12N2O2. The predicted octanol–water partition coefficient (Wildman–Crippen LogP) is 3.00. The van der Waals surface area contributed by atoms with Crippen LogP contribution in [0.25, 0.3) is 5.69 Å². The highest BCUT2D eigenvalue weighted by molar-refractivity contribution is 5.42. The molecular weight excluding hydrogens is 204 g/mol. The van der Waals surface area contributed by atoms with Crippen molar-refractivity contribution >= 4 is 5.69 Å². The number of aromatic nitrogens is 1. The summed E-state index contributed by atoms with van der Waals surface area (Å²) in [5.74, 6) is 0. The largest absolute Gasteiger partial charge is 0.323 e. The first-order chi connectivity index (χ1) is 7.58. The van der Waals surface area contributed by atoms with E-state index in [-0.39, 0.29) is 5.69 Å². The Hall–Kier alpha value is -2.10. The van der Waals surface area contributed by atoms with Crippen molar-refractivity contribution in [2.45, 2.75) is 13.8 Å². The van der Waals surface area contributed by atoms with Gasteiger partial charge in [-0.25, -0.2) is 0 Å². The van der Waals surface area contributed by atoms with Crippen molar-refractivity contribution in [1.82, 2.24) is 4.57 Å². The van der Waals surface area contributed by atoms with Gasteiger partial charge in [0.25, 0.3) is 5.69 Å². The summed E-state index contributed by atoms with van der Waals surface area (Å²) in [5.41, 5.74) is 3.46. The molecule has 1 aromatic heterocycles. The summed E-state index contributed by atoms with van der Waals surface area (Å²) >= 11 is 0. The number of nitrogens with zero attached hydrogens (tertiary/aromatic N) is 2. The molecule has 0 aliphatic rings. The van der Waals surface area contributed by atoms with E-state index >= 15 is 0 Å². The molecule has 1 aromatic carbocycles. The number of hydrogen-bond donors (Lipinski definition) is 0. The second-order valence-electron chi connectivity index (χ2n) is 3.81. The van der Waals surface area contributed by atoms with E-state index in [9.17, 15) is 10.1 Å². The van der Waals surface area contributed by atoms with Crippen molar-refractivity contribution in [1.29, 1.82) is 0 Å². The lowest BCUT2D eigenvalue weighted by Gasteiger charge is -2.01. The van der Waals surface area contributed by atoms with Crippen molar-refractivity contribution < 1.29 is 4.92 Å². The number of benzene rings is 1. The average Bonchev–Trinajstić information content (AvgIpc) is 2.59. The molecule has 16 heavy (non-hydrogen) atoms. The molecule has 0 bridgehead atoms. The minimum atomic E-state index is -0.393. The van der Waals surface area contributed by atoms with Gasteiger partial charge >= 0.3 is 0 Å². The zero-order valence-corrected chi connectivity index (χ0v) is 9.18. The molecule has 1 heterocycles. The van der Waals surface area contributed by atoms with Gasteiger partial charge in [-0.05, 0) is 37.1 Å². The van der Waals surface area contributed by atoms with E-state index in [0.717, 1.165) is 5.69 Å². The summed E-state index contributed by atoms with van der Waals surface area (Å²) < 4.78 is 1.97. The highest BCUT2D eigenvalue weighted by atomic mass is 16.6. The number of non-ortho nitro benzene ring substituents is 1. The molecule has 0 radical (unpaired) electrons. The average molecular weight is 216 g/mol. The molecule has 0 N–H and O–H groups in total. The fraction of sp³-hybridized carbons (Fsp3) is 0.167. The van der Waals surface area contributed by atoms with E-state index in [1.807, 2.05) is 30.8 Å². The third-order valence-corrected chi connectivity index (χ3v) is 2.65. The van der Waals surface area contributed by atoms with E-state index in [1.165, 1.54) is 23.3 Å². The van der Waals surface area contributed by atoms with Crippen LogP contribution in [-0.4, -0.2) is 9.49 Å². The van der Waals surface area contributed by atoms with Gasteiger partial charge in [0.1, 0.15) is 0 Å². The minimum Gasteiger partial charge on any atom is -0.323 e. The molecule has 0 aliphatic carbocycles. The zero-order valence-electron chi connectivity index (χ0n) is 9.18. The SMILES string of the molecule is Cc1cn(-c2ccc([N+](=O)[O-])cc2)cc1C. The van der Waals surface area contributed by atoms with Crippen LogP contribution in [0.2, 0.25) is 0 Å². The Bertz CT molecular complexity index is 507. The fourth-order valence-corrected chi connectivity index (χ4v) is 1.55. The van der Waals surface area contributed by atoms with Crippen LogP contribution in [0.1, 0.15) is 11.1 Å². The van der Waals surface area contributed by atoms with Crippen LogP contribution in [0.4, 0.5) is 5.69 Å². The summed E-state index contributed by atoms with van der Waals surface area (Å²) in [5, 5.41) is 10.5. The zero-order chi connectivity index (χ0) is 11.7.